The second-order valence-electron chi connectivity index (χ2n) is 7.93. The molecule has 174 valence electrons. The lowest BCUT2D eigenvalue weighted by Crippen LogP contribution is -2.64. The Labute approximate surface area is 197 Å². The molecule has 0 aromatic heterocycles. The lowest BCUT2D eigenvalue weighted by atomic mass is 10.1. The average molecular weight is 507 g/mol. The zero-order chi connectivity index (χ0) is 23.1. The van der Waals surface area contributed by atoms with E-state index in [2.05, 4.69) is 43.7 Å². The van der Waals surface area contributed by atoms with Gasteiger partial charge < -0.3 is 14.5 Å². The van der Waals surface area contributed by atoms with Crippen molar-refractivity contribution in [2.45, 2.75) is 57.7 Å². The number of halogens is 1. The molecule has 0 aliphatic carbocycles. The number of methoxy groups -OCH3 is 1. The maximum absolute atomic E-state index is 12.6. The van der Waals surface area contributed by atoms with Gasteiger partial charge in [-0.1, -0.05) is 55.0 Å². The van der Waals surface area contributed by atoms with Gasteiger partial charge in [-0.15, -0.1) is 0 Å². The molecular weight excluding hydrogens is 476 g/mol. The summed E-state index contributed by atoms with van der Waals surface area (Å²) in [7, 11) is 3.25. The number of ether oxygens (including phenoxy) is 1. The molecular formula is C22H31BrN6O3. The molecule has 0 spiro atoms. The van der Waals surface area contributed by atoms with E-state index in [0.717, 1.165) is 22.9 Å². The minimum atomic E-state index is -0.575. The highest BCUT2D eigenvalue weighted by molar-refractivity contribution is 9.10. The summed E-state index contributed by atoms with van der Waals surface area (Å²) in [4.78, 5) is 32.7. The van der Waals surface area contributed by atoms with Crippen molar-refractivity contribution in [3.63, 3.8) is 0 Å². The van der Waals surface area contributed by atoms with E-state index < -0.39 is 18.2 Å². The van der Waals surface area contributed by atoms with E-state index in [1.165, 1.54) is 30.6 Å². The monoisotopic (exact) mass is 506 g/mol. The molecule has 32 heavy (non-hydrogen) atoms. The van der Waals surface area contributed by atoms with Crippen molar-refractivity contribution in [2.75, 3.05) is 20.7 Å². The van der Waals surface area contributed by atoms with Crippen LogP contribution >= 0.6 is 15.9 Å². The molecule has 1 fully saturated rings. The molecule has 1 saturated heterocycles. The summed E-state index contributed by atoms with van der Waals surface area (Å²) in [5.41, 5.74) is 3.77. The van der Waals surface area contributed by atoms with Crippen LogP contribution in [0, 0.1) is 0 Å². The molecule has 2 heterocycles. The Bertz CT molecular complexity index is 890. The van der Waals surface area contributed by atoms with Crippen LogP contribution in [0.1, 0.15) is 51.0 Å². The maximum atomic E-state index is 12.6. The molecule has 3 amide bonds. The number of urea groups is 1. The minimum Gasteiger partial charge on any atom is -0.496 e. The number of imide groups is 1. The van der Waals surface area contributed by atoms with Crippen molar-refractivity contribution in [3.8, 4) is 5.75 Å². The van der Waals surface area contributed by atoms with Crippen LogP contribution in [0.2, 0.25) is 0 Å². The zero-order valence-electron chi connectivity index (χ0n) is 18.8. The fraction of sp³-hybridized carbons (Fsp3) is 0.545. The Kier molecular flexibility index (Phi) is 8.49. The number of nitrogens with one attached hydrogen (secondary N) is 2. The molecule has 3 rings (SSSR count). The molecule has 0 bridgehead atoms. The average Bonchev–Trinajstić information content (AvgIpc) is 3.14. The number of carbonyl (C=O) groups is 2. The van der Waals surface area contributed by atoms with Gasteiger partial charge in [0.1, 0.15) is 5.75 Å². The van der Waals surface area contributed by atoms with E-state index in [1.54, 1.807) is 20.4 Å². The van der Waals surface area contributed by atoms with E-state index in [0.29, 0.717) is 18.3 Å². The minimum absolute atomic E-state index is 0.331. The molecule has 2 aliphatic heterocycles. The van der Waals surface area contributed by atoms with Gasteiger partial charge in [-0.25, -0.2) is 15.2 Å². The van der Waals surface area contributed by atoms with Gasteiger partial charge in [0, 0.05) is 23.6 Å². The van der Waals surface area contributed by atoms with Crippen molar-refractivity contribution in [3.05, 3.63) is 28.2 Å². The normalized spacial score (nSPS) is 20.4. The third-order valence-corrected chi connectivity index (χ3v) is 6.17. The number of amides is 3. The molecule has 2 atom stereocenters. The molecule has 1 aromatic carbocycles. The van der Waals surface area contributed by atoms with Crippen molar-refractivity contribution in [1.82, 2.24) is 20.5 Å². The summed E-state index contributed by atoms with van der Waals surface area (Å²) < 4.78 is 6.28. The number of nitrogens with zero attached hydrogens (tertiary/aromatic N) is 4. The van der Waals surface area contributed by atoms with Gasteiger partial charge in [0.15, 0.2) is 12.2 Å². The summed E-state index contributed by atoms with van der Waals surface area (Å²) in [6.07, 6.45) is 7.92. The molecule has 10 heteroatoms. The maximum Gasteiger partial charge on any atom is 0.325 e. The third-order valence-electron chi connectivity index (χ3n) is 5.67. The Morgan fingerprint density at radius 3 is 2.75 bits per heavy atom. The number of rotatable bonds is 10. The van der Waals surface area contributed by atoms with Gasteiger partial charge >= 0.3 is 6.03 Å². The fourth-order valence-electron chi connectivity index (χ4n) is 3.89. The van der Waals surface area contributed by atoms with Crippen LogP contribution in [0.25, 0.3) is 0 Å². The van der Waals surface area contributed by atoms with Crippen molar-refractivity contribution in [1.29, 1.82) is 0 Å². The number of guanidine groups is 1. The first-order valence-electron chi connectivity index (χ1n) is 11.0. The van der Waals surface area contributed by atoms with Crippen LogP contribution in [0.3, 0.4) is 0 Å². The van der Waals surface area contributed by atoms with Crippen LogP contribution in [0.5, 0.6) is 5.75 Å². The number of benzene rings is 1. The Balaban J connectivity index is 1.72. The number of hydrogen-bond donors (Lipinski definition) is 2. The summed E-state index contributed by atoms with van der Waals surface area (Å²) in [5, 5.41) is 6.75. The Morgan fingerprint density at radius 1 is 1.25 bits per heavy atom. The zero-order valence-corrected chi connectivity index (χ0v) is 20.4. The van der Waals surface area contributed by atoms with E-state index in [9.17, 15) is 9.59 Å². The van der Waals surface area contributed by atoms with Crippen LogP contribution < -0.4 is 15.5 Å². The van der Waals surface area contributed by atoms with Gasteiger partial charge in [0.05, 0.1) is 13.3 Å². The highest BCUT2D eigenvalue weighted by atomic mass is 79.9. The Morgan fingerprint density at radius 2 is 2.00 bits per heavy atom. The highest BCUT2D eigenvalue weighted by Gasteiger charge is 2.48. The highest BCUT2D eigenvalue weighted by Crippen LogP contribution is 2.24. The SMILES string of the molecule is CCCCCCCCN1C(N/N=C/c2cc(Br)ccc2OC)=NC2C1C(=O)NC(=O)N2C. The third kappa shape index (κ3) is 5.59. The number of carbonyl (C=O) groups excluding carboxylic acids is 2. The van der Waals surface area contributed by atoms with Crippen molar-refractivity contribution >= 4 is 40.0 Å². The standard InChI is InChI=1S/C22H31BrN6O3/c1-4-5-6-7-8-9-12-29-18-19(28(2)22(31)26-20(18)30)25-21(29)27-24-14-15-13-16(23)10-11-17(15)32-3/h10-11,13-14,18-19H,4-9,12H2,1-3H3,(H,25,27)(H,26,30,31)/b24-14+. The smallest absolute Gasteiger partial charge is 0.325 e. The van der Waals surface area contributed by atoms with Gasteiger partial charge in [-0.3, -0.25) is 10.1 Å². The number of likely N-dealkylation sites (N-methyl/N-ethyl adjacent to an activating group) is 1. The largest absolute Gasteiger partial charge is 0.496 e. The predicted molar refractivity (Wildman–Crippen MR) is 128 cm³/mol. The molecule has 1 aromatic rings. The van der Waals surface area contributed by atoms with Crippen molar-refractivity contribution in [2.24, 2.45) is 10.1 Å². The summed E-state index contributed by atoms with van der Waals surface area (Å²) >= 11 is 3.45. The van der Waals surface area contributed by atoms with Crippen LogP contribution in [-0.4, -0.2) is 66.8 Å². The number of hydrogen-bond acceptors (Lipinski definition) is 7. The van der Waals surface area contributed by atoms with Gasteiger partial charge in [0.25, 0.3) is 5.91 Å². The first-order chi connectivity index (χ1) is 15.5. The van der Waals surface area contributed by atoms with Gasteiger partial charge in [-0.2, -0.15) is 5.10 Å². The molecule has 2 unspecified atom stereocenters. The first kappa shape index (κ1) is 24.0. The second kappa shape index (κ2) is 11.3. The van der Waals surface area contributed by atoms with E-state index in [4.69, 9.17) is 4.74 Å². The van der Waals surface area contributed by atoms with E-state index in [1.807, 2.05) is 23.1 Å². The van der Waals surface area contributed by atoms with E-state index in [-0.39, 0.29) is 5.91 Å². The fourth-order valence-corrected chi connectivity index (χ4v) is 4.27. The van der Waals surface area contributed by atoms with Crippen LogP contribution in [0.4, 0.5) is 4.79 Å². The van der Waals surface area contributed by atoms with Crippen LogP contribution in [-0.2, 0) is 4.79 Å². The number of aliphatic imine (C=N–C) groups is 1. The number of hydrazone groups is 1. The molecule has 2 N–H and O–H groups in total. The number of fused-ring (bicyclic) bond motifs is 1. The summed E-state index contributed by atoms with van der Waals surface area (Å²) in [5.74, 6) is 0.840. The molecule has 2 aliphatic rings. The summed E-state index contributed by atoms with van der Waals surface area (Å²) in [6.45, 7) is 2.85. The molecule has 0 radical (unpaired) electrons. The van der Waals surface area contributed by atoms with Crippen molar-refractivity contribution < 1.29 is 14.3 Å². The first-order valence-corrected chi connectivity index (χ1v) is 11.8. The number of unbranched alkanes of at least 4 members (excludes halogenated alkanes) is 5. The topological polar surface area (TPSA) is 98.6 Å². The van der Waals surface area contributed by atoms with Gasteiger partial charge in [0.2, 0.25) is 5.96 Å². The predicted octanol–water partition coefficient (Wildman–Crippen LogP) is 3.29. The molecule has 0 saturated carbocycles. The second-order valence-corrected chi connectivity index (χ2v) is 8.85. The Hall–Kier alpha value is -2.62. The van der Waals surface area contributed by atoms with E-state index >= 15 is 0 Å². The van der Waals surface area contributed by atoms with Gasteiger partial charge in [-0.05, 0) is 24.6 Å². The van der Waals surface area contributed by atoms with Crippen LogP contribution in [0.15, 0.2) is 32.8 Å². The quantitative estimate of drug-likeness (QED) is 0.288. The lowest BCUT2D eigenvalue weighted by molar-refractivity contribution is -0.127. The molecule has 9 nitrogen and oxygen atoms in total. The summed E-state index contributed by atoms with van der Waals surface area (Å²) in [6, 6.07) is 4.63. The lowest BCUT2D eigenvalue weighted by Gasteiger charge is -2.36.